The van der Waals surface area contributed by atoms with Gasteiger partial charge in [0.15, 0.2) is 0 Å². The molecule has 18 heavy (non-hydrogen) atoms. The number of thioether (sulfide) groups is 1. The third kappa shape index (κ3) is 3.92. The zero-order valence-corrected chi connectivity index (χ0v) is 12.7. The minimum absolute atomic E-state index is 0.0243. The number of likely N-dealkylation sites (N-methyl/N-ethyl adjacent to an activating group) is 1. The summed E-state index contributed by atoms with van der Waals surface area (Å²) in [7, 11) is 1.84. The lowest BCUT2D eigenvalue weighted by atomic mass is 10.1. The number of carbonyl (C=O) groups is 1. The molecule has 0 saturated heterocycles. The number of benzene rings is 1. The van der Waals surface area contributed by atoms with E-state index in [2.05, 4.69) is 13.2 Å². The van der Waals surface area contributed by atoms with Gasteiger partial charge in [0.25, 0.3) is 0 Å². The predicted molar refractivity (Wildman–Crippen MR) is 80.3 cm³/mol. The molecule has 0 heterocycles. The maximum atomic E-state index is 12.3. The summed E-state index contributed by atoms with van der Waals surface area (Å²) in [5, 5.41) is -0.591. The summed E-state index contributed by atoms with van der Waals surface area (Å²) in [6.45, 7) is 2.09. The van der Waals surface area contributed by atoms with Crippen LogP contribution in [0, 0.1) is 0 Å². The van der Waals surface area contributed by atoms with Crippen LogP contribution >= 0.6 is 23.4 Å². The van der Waals surface area contributed by atoms with E-state index in [1.165, 1.54) is 0 Å². The molecule has 4 heteroatoms. The van der Waals surface area contributed by atoms with Crippen LogP contribution in [-0.4, -0.2) is 35.9 Å². The summed E-state index contributed by atoms with van der Waals surface area (Å²) in [5.41, 5.74) is 0.857. The maximum absolute atomic E-state index is 12.3. The smallest absolute Gasteiger partial charge is 0.245 e. The molecule has 0 aromatic heterocycles. The Kier molecular flexibility index (Phi) is 6.58. The normalized spacial score (nSPS) is 14.0. The molecule has 1 amide bonds. The van der Waals surface area contributed by atoms with Crippen molar-refractivity contribution in [3.63, 3.8) is 0 Å². The van der Waals surface area contributed by atoms with Crippen molar-refractivity contribution in [2.75, 3.05) is 19.1 Å². The van der Waals surface area contributed by atoms with Gasteiger partial charge in [0.05, 0.1) is 0 Å². The van der Waals surface area contributed by atoms with E-state index in [1.54, 1.807) is 16.7 Å². The third-order valence-electron chi connectivity index (χ3n) is 3.03. The summed E-state index contributed by atoms with van der Waals surface area (Å²) in [6, 6.07) is 9.74. The van der Waals surface area contributed by atoms with Gasteiger partial charge in [0.1, 0.15) is 5.38 Å². The number of nitrogens with zero attached hydrogens (tertiary/aromatic N) is 1. The Bertz CT molecular complexity index is 371. The first kappa shape index (κ1) is 15.4. The summed E-state index contributed by atoms with van der Waals surface area (Å²) < 4.78 is 0. The van der Waals surface area contributed by atoms with Gasteiger partial charge in [-0.05, 0) is 18.2 Å². The molecule has 2 atom stereocenters. The van der Waals surface area contributed by atoms with Crippen molar-refractivity contribution in [3.05, 3.63) is 35.9 Å². The molecule has 100 valence electrons. The van der Waals surface area contributed by atoms with Crippen LogP contribution in [0.15, 0.2) is 30.3 Å². The Labute approximate surface area is 119 Å². The molecular formula is C14H20ClNOS. The van der Waals surface area contributed by atoms with Crippen molar-refractivity contribution < 1.29 is 4.79 Å². The van der Waals surface area contributed by atoms with Crippen LogP contribution in [0.4, 0.5) is 0 Å². The van der Waals surface area contributed by atoms with Crippen molar-refractivity contribution in [1.29, 1.82) is 0 Å². The SMILES string of the molecule is CCC(CSC)N(C)C(=O)C(Cl)c1ccccc1. The third-order valence-corrected chi connectivity index (χ3v) is 4.19. The Balaban J connectivity index is 2.74. The molecule has 2 unspecified atom stereocenters. The first-order valence-electron chi connectivity index (χ1n) is 6.06. The molecule has 1 aromatic rings. The van der Waals surface area contributed by atoms with Gasteiger partial charge in [-0.2, -0.15) is 11.8 Å². The zero-order valence-electron chi connectivity index (χ0n) is 11.1. The van der Waals surface area contributed by atoms with Crippen LogP contribution in [0.2, 0.25) is 0 Å². The van der Waals surface area contributed by atoms with Gasteiger partial charge in [-0.15, -0.1) is 11.6 Å². The number of hydrogen-bond acceptors (Lipinski definition) is 2. The quantitative estimate of drug-likeness (QED) is 0.745. The summed E-state index contributed by atoms with van der Waals surface area (Å²) in [5.74, 6) is 0.917. The second-order valence-corrected chi connectivity index (χ2v) is 5.59. The summed E-state index contributed by atoms with van der Waals surface area (Å²) in [4.78, 5) is 14.1. The van der Waals surface area contributed by atoms with Crippen molar-refractivity contribution in [2.45, 2.75) is 24.8 Å². The molecule has 2 nitrogen and oxygen atoms in total. The highest BCUT2D eigenvalue weighted by molar-refractivity contribution is 7.98. The lowest BCUT2D eigenvalue weighted by Gasteiger charge is -2.28. The Morgan fingerprint density at radius 2 is 2.00 bits per heavy atom. The number of rotatable bonds is 6. The van der Waals surface area contributed by atoms with Gasteiger partial charge in [-0.3, -0.25) is 4.79 Å². The molecule has 0 N–H and O–H groups in total. The highest BCUT2D eigenvalue weighted by Gasteiger charge is 2.25. The van der Waals surface area contributed by atoms with Crippen molar-refractivity contribution in [2.24, 2.45) is 0 Å². The number of halogens is 1. The standard InChI is InChI=1S/C14H20ClNOS/c1-4-12(10-18-3)16(2)14(17)13(15)11-8-6-5-7-9-11/h5-9,12-13H,4,10H2,1-3H3. The van der Waals surface area contributed by atoms with Crippen LogP contribution in [0.5, 0.6) is 0 Å². The van der Waals surface area contributed by atoms with Crippen LogP contribution < -0.4 is 0 Å². The average molecular weight is 286 g/mol. The lowest BCUT2D eigenvalue weighted by Crippen LogP contribution is -2.40. The molecule has 0 radical (unpaired) electrons. The number of carbonyl (C=O) groups excluding carboxylic acids is 1. The molecule has 1 rings (SSSR count). The highest BCUT2D eigenvalue weighted by Crippen LogP contribution is 2.24. The fourth-order valence-corrected chi connectivity index (χ4v) is 2.96. The monoisotopic (exact) mass is 285 g/mol. The molecule has 0 aliphatic heterocycles. The molecule has 1 aromatic carbocycles. The van der Waals surface area contributed by atoms with E-state index < -0.39 is 5.38 Å². The van der Waals surface area contributed by atoms with Crippen LogP contribution in [-0.2, 0) is 4.79 Å². The van der Waals surface area contributed by atoms with E-state index in [9.17, 15) is 4.79 Å². The summed E-state index contributed by atoms with van der Waals surface area (Å²) in [6.07, 6.45) is 3.00. The van der Waals surface area contributed by atoms with E-state index in [0.717, 1.165) is 17.7 Å². The first-order valence-corrected chi connectivity index (χ1v) is 7.89. The number of amides is 1. The highest BCUT2D eigenvalue weighted by atomic mass is 35.5. The zero-order chi connectivity index (χ0) is 13.5. The maximum Gasteiger partial charge on any atom is 0.245 e. The van der Waals surface area contributed by atoms with Gasteiger partial charge in [0.2, 0.25) is 5.91 Å². The molecule has 0 bridgehead atoms. The minimum atomic E-state index is -0.591. The van der Waals surface area contributed by atoms with Crippen molar-refractivity contribution in [1.82, 2.24) is 4.90 Å². The molecule has 0 aliphatic carbocycles. The van der Waals surface area contributed by atoms with Gasteiger partial charge < -0.3 is 4.90 Å². The van der Waals surface area contributed by atoms with E-state index in [0.29, 0.717) is 0 Å². The van der Waals surface area contributed by atoms with Crippen LogP contribution in [0.1, 0.15) is 24.3 Å². The second-order valence-electron chi connectivity index (χ2n) is 4.24. The summed E-state index contributed by atoms with van der Waals surface area (Å²) >= 11 is 8.01. The second kappa shape index (κ2) is 7.70. The Morgan fingerprint density at radius 1 is 1.39 bits per heavy atom. The number of alkyl halides is 1. The van der Waals surface area contributed by atoms with Gasteiger partial charge >= 0.3 is 0 Å². The van der Waals surface area contributed by atoms with Crippen LogP contribution in [0.25, 0.3) is 0 Å². The van der Waals surface area contributed by atoms with E-state index >= 15 is 0 Å². The topological polar surface area (TPSA) is 20.3 Å². The first-order chi connectivity index (χ1) is 8.61. The van der Waals surface area contributed by atoms with E-state index in [4.69, 9.17) is 11.6 Å². The molecule has 0 spiro atoms. The fourth-order valence-electron chi connectivity index (χ4n) is 1.82. The molecule has 0 aliphatic rings. The molecule has 0 fully saturated rings. The average Bonchev–Trinajstić information content (AvgIpc) is 2.43. The largest absolute Gasteiger partial charge is 0.340 e. The van der Waals surface area contributed by atoms with Crippen LogP contribution in [0.3, 0.4) is 0 Å². The van der Waals surface area contributed by atoms with E-state index in [1.807, 2.05) is 37.4 Å². The van der Waals surface area contributed by atoms with Crippen molar-refractivity contribution >= 4 is 29.3 Å². The fraction of sp³-hybridized carbons (Fsp3) is 0.500. The van der Waals surface area contributed by atoms with Gasteiger partial charge in [-0.1, -0.05) is 37.3 Å². The van der Waals surface area contributed by atoms with Gasteiger partial charge in [-0.25, -0.2) is 0 Å². The lowest BCUT2D eigenvalue weighted by molar-refractivity contribution is -0.131. The van der Waals surface area contributed by atoms with Gasteiger partial charge in [0, 0.05) is 18.8 Å². The Hall–Kier alpha value is -0.670. The van der Waals surface area contributed by atoms with Crippen molar-refractivity contribution in [3.8, 4) is 0 Å². The number of hydrogen-bond donors (Lipinski definition) is 0. The van der Waals surface area contributed by atoms with E-state index in [-0.39, 0.29) is 11.9 Å². The molecule has 0 saturated carbocycles. The minimum Gasteiger partial charge on any atom is -0.340 e. The predicted octanol–water partition coefficient (Wildman–Crippen LogP) is 3.57. The Morgan fingerprint density at radius 3 is 2.50 bits per heavy atom. The molecular weight excluding hydrogens is 266 g/mol.